The number of hydrogen-bond donors (Lipinski definition) is 2. The molecule has 5 nitrogen and oxygen atoms in total. The molecule has 20 heavy (non-hydrogen) atoms. The van der Waals surface area contributed by atoms with E-state index in [9.17, 15) is 13.2 Å². The lowest BCUT2D eigenvalue weighted by Gasteiger charge is -2.35. The maximum Gasteiger partial charge on any atom is 0.393 e. The summed E-state index contributed by atoms with van der Waals surface area (Å²) in [4.78, 5) is 5.61. The van der Waals surface area contributed by atoms with Gasteiger partial charge in [0.15, 0.2) is 5.84 Å². The Bertz CT molecular complexity index is 504. The highest BCUT2D eigenvalue weighted by Gasteiger charge is 2.42. The average molecular weight is 288 g/mol. The Morgan fingerprint density at radius 2 is 2.25 bits per heavy atom. The van der Waals surface area contributed by atoms with Gasteiger partial charge in [-0.1, -0.05) is 5.16 Å². The number of piperidine rings is 1. The van der Waals surface area contributed by atoms with Crippen molar-refractivity contribution in [3.63, 3.8) is 0 Å². The summed E-state index contributed by atoms with van der Waals surface area (Å²) in [6.45, 7) is 0.307. The van der Waals surface area contributed by atoms with Crippen LogP contribution in [-0.4, -0.2) is 35.3 Å². The molecule has 0 spiro atoms. The summed E-state index contributed by atoms with van der Waals surface area (Å²) in [5.74, 6) is -1.22. The quantitative estimate of drug-likeness (QED) is 0.377. The second-order valence-corrected chi connectivity index (χ2v) is 4.69. The van der Waals surface area contributed by atoms with Crippen molar-refractivity contribution in [2.45, 2.75) is 19.0 Å². The fourth-order valence-corrected chi connectivity index (χ4v) is 2.34. The maximum absolute atomic E-state index is 12.8. The molecule has 0 aromatic carbocycles. The first-order valence-electron chi connectivity index (χ1n) is 6.18. The molecular formula is C12H15F3N4O. The van der Waals surface area contributed by atoms with Gasteiger partial charge in [0.25, 0.3) is 0 Å². The van der Waals surface area contributed by atoms with Gasteiger partial charge in [0.1, 0.15) is 5.82 Å². The van der Waals surface area contributed by atoms with Crippen LogP contribution in [-0.2, 0) is 0 Å². The van der Waals surface area contributed by atoms with Gasteiger partial charge in [-0.15, -0.1) is 0 Å². The molecule has 8 heteroatoms. The molecule has 1 aromatic heterocycles. The first kappa shape index (κ1) is 14.4. The van der Waals surface area contributed by atoms with Gasteiger partial charge in [0, 0.05) is 19.3 Å². The van der Waals surface area contributed by atoms with Crippen LogP contribution in [0.5, 0.6) is 0 Å². The van der Waals surface area contributed by atoms with Gasteiger partial charge < -0.3 is 15.8 Å². The first-order valence-corrected chi connectivity index (χ1v) is 6.18. The van der Waals surface area contributed by atoms with Gasteiger partial charge in [0.05, 0.1) is 11.5 Å². The minimum absolute atomic E-state index is 0.117. The van der Waals surface area contributed by atoms with E-state index in [1.165, 1.54) is 11.1 Å². The molecule has 2 rings (SSSR count). The van der Waals surface area contributed by atoms with Crippen LogP contribution >= 0.6 is 0 Å². The van der Waals surface area contributed by atoms with Gasteiger partial charge in [-0.2, -0.15) is 13.2 Å². The Balaban J connectivity index is 2.28. The van der Waals surface area contributed by atoms with Crippen molar-refractivity contribution < 1.29 is 18.4 Å². The van der Waals surface area contributed by atoms with Crippen molar-refractivity contribution in [3.8, 4) is 0 Å². The van der Waals surface area contributed by atoms with E-state index in [0.717, 1.165) is 0 Å². The lowest BCUT2D eigenvalue weighted by Crippen LogP contribution is -2.42. The summed E-state index contributed by atoms with van der Waals surface area (Å²) < 4.78 is 38.5. The predicted molar refractivity (Wildman–Crippen MR) is 67.7 cm³/mol. The molecule has 3 N–H and O–H groups in total. The van der Waals surface area contributed by atoms with Crippen LogP contribution in [0, 0.1) is 5.92 Å². The third-order valence-electron chi connectivity index (χ3n) is 3.35. The molecular weight excluding hydrogens is 273 g/mol. The summed E-state index contributed by atoms with van der Waals surface area (Å²) in [7, 11) is 0. The molecule has 0 saturated carbocycles. The number of hydrogen-bond acceptors (Lipinski definition) is 4. The van der Waals surface area contributed by atoms with E-state index >= 15 is 0 Å². The van der Waals surface area contributed by atoms with Crippen molar-refractivity contribution in [3.05, 3.63) is 23.9 Å². The minimum Gasteiger partial charge on any atom is -0.409 e. The molecule has 1 aliphatic heterocycles. The van der Waals surface area contributed by atoms with Crippen LogP contribution in [0.4, 0.5) is 19.0 Å². The van der Waals surface area contributed by atoms with E-state index in [2.05, 4.69) is 10.1 Å². The van der Waals surface area contributed by atoms with E-state index in [1.54, 1.807) is 12.1 Å². The number of anilines is 1. The number of aromatic nitrogens is 1. The first-order chi connectivity index (χ1) is 9.43. The largest absolute Gasteiger partial charge is 0.409 e. The van der Waals surface area contributed by atoms with E-state index in [-0.39, 0.29) is 18.8 Å². The zero-order valence-electron chi connectivity index (χ0n) is 10.6. The smallest absolute Gasteiger partial charge is 0.393 e. The Kier molecular flexibility index (Phi) is 4.01. The van der Waals surface area contributed by atoms with Crippen molar-refractivity contribution in [1.82, 2.24) is 4.98 Å². The monoisotopic (exact) mass is 288 g/mol. The van der Waals surface area contributed by atoms with Crippen LogP contribution in [0.25, 0.3) is 0 Å². The minimum atomic E-state index is -4.22. The van der Waals surface area contributed by atoms with Gasteiger partial charge in [-0.25, -0.2) is 4.98 Å². The molecule has 1 fully saturated rings. The number of nitrogens with zero attached hydrogens (tertiary/aromatic N) is 3. The summed E-state index contributed by atoms with van der Waals surface area (Å²) in [5, 5.41) is 11.6. The Hall–Kier alpha value is -1.99. The molecule has 0 bridgehead atoms. The molecule has 1 atom stereocenters. The normalized spacial score (nSPS) is 21.1. The SMILES string of the molecule is NC(=NO)c1cccnc1N1CCCC(C(F)(F)F)C1. The van der Waals surface area contributed by atoms with Crippen LogP contribution in [0.2, 0.25) is 0 Å². The fourth-order valence-electron chi connectivity index (χ4n) is 2.34. The van der Waals surface area contributed by atoms with Crippen LogP contribution in [0.3, 0.4) is 0 Å². The second kappa shape index (κ2) is 5.56. The van der Waals surface area contributed by atoms with Gasteiger partial charge in [-0.05, 0) is 25.0 Å². The number of amidine groups is 1. The molecule has 2 heterocycles. The number of nitrogens with two attached hydrogens (primary N) is 1. The third-order valence-corrected chi connectivity index (χ3v) is 3.35. The molecule has 0 radical (unpaired) electrons. The van der Waals surface area contributed by atoms with Crippen LogP contribution < -0.4 is 10.6 Å². The van der Waals surface area contributed by atoms with E-state index < -0.39 is 12.1 Å². The van der Waals surface area contributed by atoms with Crippen molar-refractivity contribution >= 4 is 11.7 Å². The average Bonchev–Trinajstić information content (AvgIpc) is 2.45. The highest BCUT2D eigenvalue weighted by molar-refractivity contribution is 6.01. The summed E-state index contributed by atoms with van der Waals surface area (Å²) in [5.41, 5.74) is 5.86. The number of rotatable bonds is 2. The lowest BCUT2D eigenvalue weighted by molar-refractivity contribution is -0.176. The Morgan fingerprint density at radius 3 is 2.90 bits per heavy atom. The van der Waals surface area contributed by atoms with Gasteiger partial charge in [0.2, 0.25) is 0 Å². The third kappa shape index (κ3) is 2.94. The van der Waals surface area contributed by atoms with Crippen LogP contribution in [0.1, 0.15) is 18.4 Å². The standard InChI is InChI=1S/C12H15F3N4O/c13-12(14,15)8-3-2-6-19(7-8)11-9(10(16)18-20)4-1-5-17-11/h1,4-5,8,20H,2-3,6-7H2,(H2,16,18). The van der Waals surface area contributed by atoms with Crippen molar-refractivity contribution in [1.29, 1.82) is 0 Å². The summed E-state index contributed by atoms with van der Waals surface area (Å²) in [6, 6.07) is 3.15. The zero-order chi connectivity index (χ0) is 14.8. The molecule has 0 amide bonds. The topological polar surface area (TPSA) is 74.7 Å². The van der Waals surface area contributed by atoms with Gasteiger partial charge in [-0.3, -0.25) is 0 Å². The Labute approximate surface area is 113 Å². The Morgan fingerprint density at radius 1 is 1.50 bits per heavy atom. The highest BCUT2D eigenvalue weighted by Crippen LogP contribution is 2.34. The zero-order valence-corrected chi connectivity index (χ0v) is 10.6. The number of pyridine rings is 1. The molecule has 1 aromatic rings. The van der Waals surface area contributed by atoms with Crippen LogP contribution in [0.15, 0.2) is 23.5 Å². The molecule has 110 valence electrons. The molecule has 1 aliphatic rings. The van der Waals surface area contributed by atoms with E-state index in [0.29, 0.717) is 24.3 Å². The van der Waals surface area contributed by atoms with E-state index in [1.807, 2.05) is 0 Å². The number of halogens is 3. The van der Waals surface area contributed by atoms with E-state index in [4.69, 9.17) is 10.9 Å². The second-order valence-electron chi connectivity index (χ2n) is 4.69. The fraction of sp³-hybridized carbons (Fsp3) is 0.500. The predicted octanol–water partition coefficient (Wildman–Crippen LogP) is 1.95. The maximum atomic E-state index is 12.8. The lowest BCUT2D eigenvalue weighted by atomic mass is 9.97. The van der Waals surface area contributed by atoms with Gasteiger partial charge >= 0.3 is 6.18 Å². The summed E-state index contributed by atoms with van der Waals surface area (Å²) in [6.07, 6.45) is -2.20. The van der Waals surface area contributed by atoms with Crippen molar-refractivity contribution in [2.75, 3.05) is 18.0 Å². The number of oxime groups is 1. The molecule has 1 unspecified atom stereocenters. The molecule has 0 aliphatic carbocycles. The molecule has 1 saturated heterocycles. The number of alkyl halides is 3. The van der Waals surface area contributed by atoms with Crippen molar-refractivity contribution in [2.24, 2.45) is 16.8 Å². The highest BCUT2D eigenvalue weighted by atomic mass is 19.4. The summed E-state index contributed by atoms with van der Waals surface area (Å²) >= 11 is 0.